The summed E-state index contributed by atoms with van der Waals surface area (Å²) >= 11 is 0. The zero-order valence-corrected chi connectivity index (χ0v) is 8.32. The van der Waals surface area contributed by atoms with Crippen LogP contribution in [0.25, 0.3) is 0 Å². The van der Waals surface area contributed by atoms with E-state index in [2.05, 4.69) is 11.9 Å². The maximum Gasteiger partial charge on any atom is 0.413 e. The minimum atomic E-state index is -0.465. The minimum absolute atomic E-state index is 0.285. The van der Waals surface area contributed by atoms with Crippen LogP contribution in [0.1, 0.15) is 11.6 Å². The number of methoxy groups -OCH3 is 1. The van der Waals surface area contributed by atoms with Crippen molar-refractivity contribution in [2.75, 3.05) is 7.11 Å². The molecule has 0 saturated carbocycles. The lowest BCUT2D eigenvalue weighted by atomic mass is 10.1. The van der Waals surface area contributed by atoms with Gasteiger partial charge in [-0.3, -0.25) is 0 Å². The number of carbonyl (C=O) groups is 1. The Bertz CT molecular complexity index is 414. The summed E-state index contributed by atoms with van der Waals surface area (Å²) in [5.41, 5.74) is 0.894. The molecule has 1 aliphatic rings. The van der Waals surface area contributed by atoms with E-state index >= 15 is 0 Å². The molecule has 4 nitrogen and oxygen atoms in total. The number of hydrogen-bond donors (Lipinski definition) is 1. The van der Waals surface area contributed by atoms with Crippen molar-refractivity contribution in [3.63, 3.8) is 0 Å². The molecule has 1 aromatic carbocycles. The Morgan fingerprint density at radius 1 is 1.53 bits per heavy atom. The van der Waals surface area contributed by atoms with E-state index in [1.165, 1.54) is 0 Å². The molecule has 1 heterocycles. The number of alkyl carbamates (subject to hydrolysis) is 1. The first kappa shape index (κ1) is 9.58. The summed E-state index contributed by atoms with van der Waals surface area (Å²) < 4.78 is 9.91. The predicted octanol–water partition coefficient (Wildman–Crippen LogP) is 1.99. The van der Waals surface area contributed by atoms with Gasteiger partial charge in [-0.2, -0.15) is 0 Å². The van der Waals surface area contributed by atoms with Gasteiger partial charge in [0.2, 0.25) is 0 Å². The summed E-state index contributed by atoms with van der Waals surface area (Å²) in [7, 11) is 1.59. The van der Waals surface area contributed by atoms with Crippen molar-refractivity contribution < 1.29 is 14.3 Å². The molecule has 1 N–H and O–H groups in total. The molecule has 0 aliphatic carbocycles. The number of amides is 1. The Kier molecular flexibility index (Phi) is 2.33. The Morgan fingerprint density at radius 3 is 2.93 bits per heavy atom. The van der Waals surface area contributed by atoms with E-state index < -0.39 is 6.09 Å². The van der Waals surface area contributed by atoms with E-state index in [4.69, 9.17) is 9.47 Å². The normalized spacial score (nSPS) is 19.7. The highest BCUT2D eigenvalue weighted by atomic mass is 16.6. The molecule has 1 saturated heterocycles. The topological polar surface area (TPSA) is 47.6 Å². The average Bonchev–Trinajstić information content (AvgIpc) is 2.58. The van der Waals surface area contributed by atoms with Gasteiger partial charge in [0, 0.05) is 0 Å². The van der Waals surface area contributed by atoms with Crippen LogP contribution in [-0.2, 0) is 4.74 Å². The molecule has 0 radical (unpaired) electrons. The number of hydrogen-bond acceptors (Lipinski definition) is 3. The predicted molar refractivity (Wildman–Crippen MR) is 54.5 cm³/mol. The lowest BCUT2D eigenvalue weighted by Crippen LogP contribution is -2.17. The maximum absolute atomic E-state index is 11.0. The third-order valence-corrected chi connectivity index (χ3v) is 2.24. The summed E-state index contributed by atoms with van der Waals surface area (Å²) in [5, 5.41) is 2.65. The van der Waals surface area contributed by atoms with Crippen molar-refractivity contribution >= 4 is 6.09 Å². The SMILES string of the molecule is C=C1OC(=O)NC1c1cccc(OC)c1. The smallest absolute Gasteiger partial charge is 0.413 e. The molecule has 0 spiro atoms. The van der Waals surface area contributed by atoms with Crippen LogP contribution in [0, 0.1) is 0 Å². The van der Waals surface area contributed by atoms with Crippen LogP contribution in [0.5, 0.6) is 5.75 Å². The first-order valence-corrected chi connectivity index (χ1v) is 4.52. The monoisotopic (exact) mass is 205 g/mol. The van der Waals surface area contributed by atoms with Crippen LogP contribution < -0.4 is 10.1 Å². The molecule has 15 heavy (non-hydrogen) atoms. The molecule has 1 atom stereocenters. The van der Waals surface area contributed by atoms with E-state index in [9.17, 15) is 4.79 Å². The van der Waals surface area contributed by atoms with Crippen molar-refractivity contribution in [3.05, 3.63) is 42.2 Å². The molecule has 0 aromatic heterocycles. The first-order valence-electron chi connectivity index (χ1n) is 4.52. The quantitative estimate of drug-likeness (QED) is 0.803. The third-order valence-electron chi connectivity index (χ3n) is 2.24. The van der Waals surface area contributed by atoms with Gasteiger partial charge in [-0.15, -0.1) is 0 Å². The minimum Gasteiger partial charge on any atom is -0.497 e. The van der Waals surface area contributed by atoms with Crippen LogP contribution >= 0.6 is 0 Å². The largest absolute Gasteiger partial charge is 0.497 e. The highest BCUT2D eigenvalue weighted by Gasteiger charge is 2.28. The van der Waals surface area contributed by atoms with Crippen LogP contribution in [0.15, 0.2) is 36.6 Å². The van der Waals surface area contributed by atoms with Gasteiger partial charge in [0.1, 0.15) is 17.6 Å². The van der Waals surface area contributed by atoms with E-state index in [-0.39, 0.29) is 6.04 Å². The fourth-order valence-corrected chi connectivity index (χ4v) is 1.50. The van der Waals surface area contributed by atoms with Gasteiger partial charge in [0.15, 0.2) is 0 Å². The summed E-state index contributed by atoms with van der Waals surface area (Å²) in [6.45, 7) is 3.67. The van der Waals surface area contributed by atoms with Crippen molar-refractivity contribution in [2.45, 2.75) is 6.04 Å². The highest BCUT2D eigenvalue weighted by Crippen LogP contribution is 2.28. The number of nitrogens with one attached hydrogen (secondary N) is 1. The molecule has 1 unspecified atom stereocenters. The van der Waals surface area contributed by atoms with Gasteiger partial charge >= 0.3 is 6.09 Å². The summed E-state index contributed by atoms with van der Waals surface area (Å²) in [6.07, 6.45) is -0.465. The molecule has 0 bridgehead atoms. The molecule has 2 rings (SSSR count). The molecular weight excluding hydrogens is 194 g/mol. The number of carbonyl (C=O) groups excluding carboxylic acids is 1. The standard InChI is InChI=1S/C11H11NO3/c1-7-10(12-11(13)15-7)8-4-3-5-9(6-8)14-2/h3-6,10H,1H2,2H3,(H,12,13). The number of rotatable bonds is 2. The Hall–Kier alpha value is -1.97. The van der Waals surface area contributed by atoms with Crippen molar-refractivity contribution in [1.29, 1.82) is 0 Å². The molecular formula is C11H11NO3. The van der Waals surface area contributed by atoms with E-state index in [1.807, 2.05) is 24.3 Å². The molecule has 78 valence electrons. The van der Waals surface area contributed by atoms with Crippen LogP contribution in [-0.4, -0.2) is 13.2 Å². The Morgan fingerprint density at radius 2 is 2.33 bits per heavy atom. The molecule has 4 heteroatoms. The Labute approximate surface area is 87.5 Å². The third kappa shape index (κ3) is 1.79. The lowest BCUT2D eigenvalue weighted by molar-refractivity contribution is 0.195. The van der Waals surface area contributed by atoms with Gasteiger partial charge in [-0.05, 0) is 17.7 Å². The number of cyclic esters (lactones) is 1. The van der Waals surface area contributed by atoms with Crippen molar-refractivity contribution in [2.24, 2.45) is 0 Å². The molecule has 1 amide bonds. The fourth-order valence-electron chi connectivity index (χ4n) is 1.50. The second kappa shape index (κ2) is 3.65. The number of ether oxygens (including phenoxy) is 2. The molecule has 1 aliphatic heterocycles. The van der Waals surface area contributed by atoms with Crippen molar-refractivity contribution in [3.8, 4) is 5.75 Å². The molecule has 1 fully saturated rings. The second-order valence-electron chi connectivity index (χ2n) is 3.21. The van der Waals surface area contributed by atoms with Gasteiger partial charge in [0.05, 0.1) is 7.11 Å². The second-order valence-corrected chi connectivity index (χ2v) is 3.21. The van der Waals surface area contributed by atoms with Gasteiger partial charge in [-0.1, -0.05) is 18.7 Å². The van der Waals surface area contributed by atoms with Gasteiger partial charge in [-0.25, -0.2) is 4.79 Å². The lowest BCUT2D eigenvalue weighted by Gasteiger charge is -2.09. The van der Waals surface area contributed by atoms with Crippen molar-refractivity contribution in [1.82, 2.24) is 5.32 Å². The Balaban J connectivity index is 2.29. The summed E-state index contributed by atoms with van der Waals surface area (Å²) in [5.74, 6) is 1.15. The van der Waals surface area contributed by atoms with Crippen LogP contribution in [0.2, 0.25) is 0 Å². The zero-order valence-electron chi connectivity index (χ0n) is 8.32. The fraction of sp³-hybridized carbons (Fsp3) is 0.182. The van der Waals surface area contributed by atoms with Gasteiger partial charge < -0.3 is 14.8 Å². The van der Waals surface area contributed by atoms with E-state index in [0.29, 0.717) is 5.76 Å². The van der Waals surface area contributed by atoms with Crippen LogP contribution in [0.3, 0.4) is 0 Å². The maximum atomic E-state index is 11.0. The summed E-state index contributed by atoms with van der Waals surface area (Å²) in [6, 6.07) is 7.13. The summed E-state index contributed by atoms with van der Waals surface area (Å²) in [4.78, 5) is 11.0. The number of benzene rings is 1. The molecule has 1 aromatic rings. The highest BCUT2D eigenvalue weighted by molar-refractivity contribution is 5.73. The first-order chi connectivity index (χ1) is 7.20. The van der Waals surface area contributed by atoms with Crippen LogP contribution in [0.4, 0.5) is 4.79 Å². The zero-order chi connectivity index (χ0) is 10.8. The van der Waals surface area contributed by atoms with Gasteiger partial charge in [0.25, 0.3) is 0 Å². The van der Waals surface area contributed by atoms with E-state index in [1.54, 1.807) is 7.11 Å². The van der Waals surface area contributed by atoms with E-state index in [0.717, 1.165) is 11.3 Å². The average molecular weight is 205 g/mol.